The van der Waals surface area contributed by atoms with Gasteiger partial charge in [-0.1, -0.05) is 24.3 Å². The Morgan fingerprint density at radius 3 is 0.911 bits per heavy atom. The summed E-state index contributed by atoms with van der Waals surface area (Å²) in [7, 11) is -1.76. The standard InChI is InChI=1S/C27H13BF15OSi/c1-7(2)44-45-9-5-3-8(4-6-9)28(10-13(29)19(35)25(41)20(36)14(10)30,11-15(31)21(37)26(42)22(38)16(11)32)12-17(33)23(39)27(43)24(40)18(12)34/h3-7H,45H2,1-2H3/q-1. The maximum absolute atomic E-state index is 15.6. The molecule has 0 bridgehead atoms. The zero-order valence-corrected chi connectivity index (χ0v) is 23.7. The highest BCUT2D eigenvalue weighted by molar-refractivity contribution is 7.20. The molecule has 0 amide bonds. The molecule has 0 saturated carbocycles. The van der Waals surface area contributed by atoms with Crippen molar-refractivity contribution in [2.24, 2.45) is 0 Å². The minimum Gasteiger partial charge on any atom is -0.416 e. The Bertz CT molecular complexity index is 1590. The molecule has 0 unspecified atom stereocenters. The summed E-state index contributed by atoms with van der Waals surface area (Å²) in [6.45, 7) is 3.18. The highest BCUT2D eigenvalue weighted by Crippen LogP contribution is 2.28. The van der Waals surface area contributed by atoms with Gasteiger partial charge in [-0.3, -0.25) is 0 Å². The van der Waals surface area contributed by atoms with Gasteiger partial charge in [0.1, 0.15) is 41.0 Å². The van der Waals surface area contributed by atoms with Crippen LogP contribution in [0.1, 0.15) is 13.8 Å². The third kappa shape index (κ3) is 5.07. The average Bonchev–Trinajstić information content (AvgIpc) is 3.01. The molecule has 240 valence electrons. The van der Waals surface area contributed by atoms with Gasteiger partial charge in [-0.05, 0) is 19.0 Å². The predicted octanol–water partition coefficient (Wildman–Crippen LogP) is 4.28. The van der Waals surface area contributed by atoms with E-state index in [0.717, 1.165) is 12.1 Å². The van der Waals surface area contributed by atoms with Crippen molar-refractivity contribution in [1.29, 1.82) is 0 Å². The molecule has 4 aromatic rings. The number of rotatable bonds is 7. The Morgan fingerprint density at radius 1 is 0.422 bits per heavy atom. The first-order valence-corrected chi connectivity index (χ1v) is 13.6. The molecule has 0 fully saturated rings. The van der Waals surface area contributed by atoms with Crippen LogP contribution in [0.5, 0.6) is 0 Å². The van der Waals surface area contributed by atoms with E-state index in [9.17, 15) is 39.5 Å². The smallest absolute Gasteiger partial charge is 0.200 e. The minimum absolute atomic E-state index is 0.171. The van der Waals surface area contributed by atoms with E-state index in [-0.39, 0.29) is 5.19 Å². The lowest BCUT2D eigenvalue weighted by atomic mass is 9.12. The summed E-state index contributed by atoms with van der Waals surface area (Å²) in [4.78, 5) is 0. The monoisotopic (exact) mass is 677 g/mol. The predicted molar refractivity (Wildman–Crippen MR) is 134 cm³/mol. The molecule has 0 saturated heterocycles. The van der Waals surface area contributed by atoms with Crippen molar-refractivity contribution < 1.29 is 70.3 Å². The second kappa shape index (κ2) is 12.1. The molecule has 0 radical (unpaired) electrons. The Balaban J connectivity index is 2.44. The summed E-state index contributed by atoms with van der Waals surface area (Å²) >= 11 is 0. The fourth-order valence-electron chi connectivity index (χ4n) is 5.10. The normalized spacial score (nSPS) is 12.3. The first kappa shape index (κ1) is 34.0. The van der Waals surface area contributed by atoms with Crippen molar-refractivity contribution in [3.63, 3.8) is 0 Å². The molecule has 0 atom stereocenters. The van der Waals surface area contributed by atoms with Gasteiger partial charge in [-0.25, -0.2) is 65.9 Å². The van der Waals surface area contributed by atoms with E-state index in [1.807, 2.05) is 0 Å². The van der Waals surface area contributed by atoms with E-state index in [2.05, 4.69) is 0 Å². The van der Waals surface area contributed by atoms with E-state index in [1.54, 1.807) is 13.8 Å². The molecule has 0 aliphatic rings. The zero-order chi connectivity index (χ0) is 33.9. The molecule has 4 aromatic carbocycles. The van der Waals surface area contributed by atoms with E-state index >= 15 is 26.3 Å². The van der Waals surface area contributed by atoms with E-state index in [4.69, 9.17) is 4.43 Å². The minimum atomic E-state index is -5.78. The topological polar surface area (TPSA) is 9.23 Å². The average molecular weight is 677 g/mol. The van der Waals surface area contributed by atoms with Gasteiger partial charge < -0.3 is 4.43 Å². The largest absolute Gasteiger partial charge is 0.416 e. The Morgan fingerprint density at radius 2 is 0.667 bits per heavy atom. The Kier molecular flexibility index (Phi) is 9.14. The van der Waals surface area contributed by atoms with Gasteiger partial charge in [-0.15, -0.1) is 16.4 Å². The lowest BCUT2D eigenvalue weighted by Gasteiger charge is -2.44. The molecule has 18 heteroatoms. The molecule has 0 N–H and O–H groups in total. The molecular weight excluding hydrogens is 664 g/mol. The molecule has 0 aliphatic carbocycles. The Labute approximate surface area is 245 Å². The van der Waals surface area contributed by atoms with Crippen LogP contribution in [0, 0.1) is 87.3 Å². The maximum Gasteiger partial charge on any atom is 0.200 e. The summed E-state index contributed by atoms with van der Waals surface area (Å²) in [5.41, 5.74) is -9.43. The fourth-order valence-corrected chi connectivity index (χ4v) is 6.06. The number of benzene rings is 4. The molecule has 0 heterocycles. The third-order valence-electron chi connectivity index (χ3n) is 7.09. The Hall–Kier alpha value is -3.93. The van der Waals surface area contributed by atoms with Crippen LogP contribution >= 0.6 is 0 Å². The van der Waals surface area contributed by atoms with Crippen LogP contribution in [0.15, 0.2) is 24.3 Å². The SMILES string of the molecule is CC(C)O[SiH2]c1ccc([B-](c2c(F)c(F)c(F)c(F)c2F)(c2c(F)c(F)c(F)c(F)c2F)c2c(F)c(F)c(F)c(F)c2F)cc1. The fraction of sp³-hybridized carbons (Fsp3) is 0.111. The summed E-state index contributed by atoms with van der Waals surface area (Å²) in [5, 5.41) is 0.171. The molecular formula is C27H13BF15OSi-. The maximum atomic E-state index is 15.6. The van der Waals surface area contributed by atoms with Gasteiger partial charge in [0, 0.05) is 6.10 Å². The van der Waals surface area contributed by atoms with Crippen LogP contribution in [-0.4, -0.2) is 22.0 Å². The number of hydrogen-bond acceptors (Lipinski definition) is 1. The van der Waals surface area contributed by atoms with Crippen molar-refractivity contribution in [2.45, 2.75) is 20.0 Å². The highest BCUT2D eigenvalue weighted by atomic mass is 28.2. The van der Waals surface area contributed by atoms with Crippen molar-refractivity contribution in [2.75, 3.05) is 0 Å². The van der Waals surface area contributed by atoms with Gasteiger partial charge >= 0.3 is 0 Å². The second-order valence-corrected chi connectivity index (χ2v) is 11.4. The van der Waals surface area contributed by atoms with Crippen LogP contribution in [0.4, 0.5) is 65.9 Å². The van der Waals surface area contributed by atoms with Gasteiger partial charge in [0.2, 0.25) is 0 Å². The summed E-state index contributed by atoms with van der Waals surface area (Å²) in [6, 6.07) is 2.65. The second-order valence-electron chi connectivity index (χ2n) is 9.92. The van der Waals surface area contributed by atoms with E-state index in [1.165, 1.54) is 0 Å². The zero-order valence-electron chi connectivity index (χ0n) is 22.2. The molecule has 45 heavy (non-hydrogen) atoms. The summed E-state index contributed by atoms with van der Waals surface area (Å²) < 4.78 is 229. The molecule has 1 nitrogen and oxygen atoms in total. The summed E-state index contributed by atoms with van der Waals surface area (Å²) in [5.74, 6) is -45.6. The first-order chi connectivity index (χ1) is 20.9. The van der Waals surface area contributed by atoms with Gasteiger partial charge in [-0.2, -0.15) is 5.46 Å². The van der Waals surface area contributed by atoms with Crippen LogP contribution in [0.3, 0.4) is 0 Å². The van der Waals surface area contributed by atoms with E-state index < -0.39 is 131 Å². The molecule has 0 aromatic heterocycles. The number of hydrogen-bond donors (Lipinski definition) is 0. The van der Waals surface area contributed by atoms with Crippen molar-refractivity contribution >= 4 is 42.9 Å². The lowest BCUT2D eigenvalue weighted by molar-refractivity contribution is 0.260. The molecule has 4 rings (SSSR count). The first-order valence-electron chi connectivity index (χ1n) is 12.3. The molecule has 0 spiro atoms. The van der Waals surface area contributed by atoms with Gasteiger partial charge in [0.15, 0.2) is 62.1 Å². The number of halogens is 15. The van der Waals surface area contributed by atoms with Crippen LogP contribution < -0.4 is 27.0 Å². The third-order valence-corrected chi connectivity index (χ3v) is 8.73. The summed E-state index contributed by atoms with van der Waals surface area (Å²) in [6.07, 6.45) is -6.18. The van der Waals surface area contributed by atoms with Crippen LogP contribution in [-0.2, 0) is 4.43 Å². The van der Waals surface area contributed by atoms with Gasteiger partial charge in [0.05, 0.1) is 0 Å². The van der Waals surface area contributed by atoms with E-state index in [0.29, 0.717) is 12.1 Å². The van der Waals surface area contributed by atoms with Crippen molar-refractivity contribution in [1.82, 2.24) is 0 Å². The van der Waals surface area contributed by atoms with Gasteiger partial charge in [0.25, 0.3) is 0 Å². The highest BCUT2D eigenvalue weighted by Gasteiger charge is 2.48. The van der Waals surface area contributed by atoms with Crippen molar-refractivity contribution in [3.05, 3.63) is 112 Å². The lowest BCUT2D eigenvalue weighted by Crippen LogP contribution is -2.79. The van der Waals surface area contributed by atoms with Crippen LogP contribution in [0.25, 0.3) is 0 Å². The molecule has 0 aliphatic heterocycles. The quantitative estimate of drug-likeness (QED) is 0.123. The van der Waals surface area contributed by atoms with Crippen molar-refractivity contribution in [3.8, 4) is 0 Å². The van der Waals surface area contributed by atoms with Crippen LogP contribution in [0.2, 0.25) is 0 Å².